The van der Waals surface area contributed by atoms with Crippen molar-refractivity contribution in [1.82, 2.24) is 19.6 Å². The van der Waals surface area contributed by atoms with E-state index in [1.54, 1.807) is 16.5 Å². The van der Waals surface area contributed by atoms with Crippen LogP contribution in [0.3, 0.4) is 0 Å². The summed E-state index contributed by atoms with van der Waals surface area (Å²) in [4.78, 5) is 4.34. The van der Waals surface area contributed by atoms with Gasteiger partial charge in [0.2, 0.25) is 0 Å². The second-order valence-corrected chi connectivity index (χ2v) is 5.33. The maximum Gasteiger partial charge on any atom is 0.255 e. The Morgan fingerprint density at radius 2 is 1.80 bits per heavy atom. The average Bonchev–Trinajstić information content (AvgIpc) is 2.78. The van der Waals surface area contributed by atoms with E-state index >= 15 is 0 Å². The van der Waals surface area contributed by atoms with Crippen molar-refractivity contribution in [3.05, 3.63) is 39.6 Å². The molecule has 0 aliphatic carbocycles. The van der Waals surface area contributed by atoms with E-state index in [9.17, 15) is 0 Å². The molecule has 7 heteroatoms. The second kappa shape index (κ2) is 4.61. The van der Waals surface area contributed by atoms with Crippen molar-refractivity contribution in [1.29, 1.82) is 0 Å². The SMILES string of the molecule is Cc1cc(C)n2c(-c3c(Cl)ccc(Cl)c3N)nnc2n1. The van der Waals surface area contributed by atoms with E-state index in [1.165, 1.54) is 0 Å². The Kier molecular flexibility index (Phi) is 3.03. The maximum absolute atomic E-state index is 6.24. The molecule has 20 heavy (non-hydrogen) atoms. The molecule has 1 aromatic carbocycles. The van der Waals surface area contributed by atoms with E-state index in [4.69, 9.17) is 28.9 Å². The second-order valence-electron chi connectivity index (χ2n) is 4.52. The van der Waals surface area contributed by atoms with Crippen molar-refractivity contribution in [3.63, 3.8) is 0 Å². The molecule has 0 radical (unpaired) electrons. The Morgan fingerprint density at radius 3 is 2.55 bits per heavy atom. The van der Waals surface area contributed by atoms with E-state index in [1.807, 2.05) is 19.9 Å². The average molecular weight is 308 g/mol. The summed E-state index contributed by atoms with van der Waals surface area (Å²) in [5.41, 5.74) is 8.80. The highest BCUT2D eigenvalue weighted by Crippen LogP contribution is 2.36. The van der Waals surface area contributed by atoms with Crippen LogP contribution in [0.25, 0.3) is 17.2 Å². The summed E-state index contributed by atoms with van der Waals surface area (Å²) in [6.07, 6.45) is 0. The van der Waals surface area contributed by atoms with Gasteiger partial charge >= 0.3 is 0 Å². The highest BCUT2D eigenvalue weighted by atomic mass is 35.5. The van der Waals surface area contributed by atoms with Crippen LogP contribution in [0.2, 0.25) is 10.0 Å². The van der Waals surface area contributed by atoms with Gasteiger partial charge in [0, 0.05) is 11.4 Å². The molecule has 5 nitrogen and oxygen atoms in total. The molecule has 0 saturated carbocycles. The molecule has 0 spiro atoms. The first-order valence-corrected chi connectivity index (χ1v) is 6.68. The fraction of sp³-hybridized carbons (Fsp3) is 0.154. The third kappa shape index (κ3) is 1.90. The quantitative estimate of drug-likeness (QED) is 0.700. The van der Waals surface area contributed by atoms with Crippen molar-refractivity contribution < 1.29 is 0 Å². The van der Waals surface area contributed by atoms with E-state index in [0.29, 0.717) is 32.9 Å². The molecule has 2 aromatic heterocycles. The van der Waals surface area contributed by atoms with Gasteiger partial charge in [-0.25, -0.2) is 4.98 Å². The number of aromatic nitrogens is 4. The first-order valence-electron chi connectivity index (χ1n) is 5.92. The van der Waals surface area contributed by atoms with Gasteiger partial charge in [-0.3, -0.25) is 4.40 Å². The van der Waals surface area contributed by atoms with Gasteiger partial charge < -0.3 is 5.73 Å². The lowest BCUT2D eigenvalue weighted by molar-refractivity contribution is 1.02. The summed E-state index contributed by atoms with van der Waals surface area (Å²) >= 11 is 12.3. The summed E-state index contributed by atoms with van der Waals surface area (Å²) < 4.78 is 1.81. The lowest BCUT2D eigenvalue weighted by Crippen LogP contribution is -2.01. The van der Waals surface area contributed by atoms with Crippen molar-refractivity contribution >= 4 is 34.7 Å². The van der Waals surface area contributed by atoms with Crippen molar-refractivity contribution in [2.45, 2.75) is 13.8 Å². The molecular formula is C13H11Cl2N5. The molecule has 2 heterocycles. The Labute approximate surface area is 125 Å². The predicted octanol–water partition coefficient (Wildman–Crippen LogP) is 3.30. The number of anilines is 1. The van der Waals surface area contributed by atoms with Crippen LogP contribution in [0.4, 0.5) is 5.69 Å². The zero-order valence-corrected chi connectivity index (χ0v) is 12.4. The minimum absolute atomic E-state index is 0.383. The molecule has 0 amide bonds. The summed E-state index contributed by atoms with van der Waals surface area (Å²) in [6.45, 7) is 3.85. The standard InChI is InChI=1S/C13H11Cl2N5/c1-6-5-7(2)20-12(18-19-13(20)17-6)10-8(14)3-4-9(15)11(10)16/h3-5H,16H2,1-2H3. The zero-order chi connectivity index (χ0) is 14.4. The number of nitrogens with zero attached hydrogens (tertiary/aromatic N) is 4. The van der Waals surface area contributed by atoms with Crippen LogP contribution < -0.4 is 5.73 Å². The van der Waals surface area contributed by atoms with Crippen LogP contribution >= 0.6 is 23.2 Å². The smallest absolute Gasteiger partial charge is 0.255 e. The third-order valence-corrected chi connectivity index (χ3v) is 3.70. The summed E-state index contributed by atoms with van der Waals surface area (Å²) in [7, 11) is 0. The van der Waals surface area contributed by atoms with E-state index in [2.05, 4.69) is 15.2 Å². The number of nitrogens with two attached hydrogens (primary N) is 1. The van der Waals surface area contributed by atoms with E-state index in [0.717, 1.165) is 11.4 Å². The monoisotopic (exact) mass is 307 g/mol. The largest absolute Gasteiger partial charge is 0.397 e. The van der Waals surface area contributed by atoms with Crippen LogP contribution in [0.1, 0.15) is 11.4 Å². The van der Waals surface area contributed by atoms with Gasteiger partial charge in [-0.2, -0.15) is 0 Å². The number of nitrogen functional groups attached to an aromatic ring is 1. The Morgan fingerprint density at radius 1 is 1.10 bits per heavy atom. The lowest BCUT2D eigenvalue weighted by Gasteiger charge is -2.09. The van der Waals surface area contributed by atoms with Crippen molar-refractivity contribution in [2.24, 2.45) is 0 Å². The molecule has 0 unspecified atom stereocenters. The van der Waals surface area contributed by atoms with Crippen LogP contribution in [-0.4, -0.2) is 19.6 Å². The molecule has 0 aliphatic rings. The number of hydrogen-bond donors (Lipinski definition) is 1. The third-order valence-electron chi connectivity index (χ3n) is 3.06. The van der Waals surface area contributed by atoms with Gasteiger partial charge in [-0.1, -0.05) is 23.2 Å². The molecule has 0 saturated heterocycles. The highest BCUT2D eigenvalue weighted by molar-refractivity contribution is 6.37. The lowest BCUT2D eigenvalue weighted by atomic mass is 10.1. The molecule has 3 aromatic rings. The van der Waals surface area contributed by atoms with Gasteiger partial charge in [0.15, 0.2) is 5.82 Å². The Balaban J connectivity index is 2.40. The normalized spacial score (nSPS) is 11.2. The number of rotatable bonds is 1. The Bertz CT molecular complexity index is 825. The molecule has 0 bridgehead atoms. The first kappa shape index (κ1) is 13.1. The molecule has 0 aliphatic heterocycles. The molecule has 2 N–H and O–H groups in total. The van der Waals surface area contributed by atoms with Crippen LogP contribution in [0.15, 0.2) is 18.2 Å². The molecular weight excluding hydrogens is 297 g/mol. The molecule has 0 fully saturated rings. The van der Waals surface area contributed by atoms with Gasteiger partial charge in [0.25, 0.3) is 5.78 Å². The highest BCUT2D eigenvalue weighted by Gasteiger charge is 2.18. The molecule has 102 valence electrons. The number of benzene rings is 1. The predicted molar refractivity (Wildman–Crippen MR) is 80.1 cm³/mol. The minimum atomic E-state index is 0.383. The summed E-state index contributed by atoms with van der Waals surface area (Å²) in [5.74, 6) is 1.04. The summed E-state index contributed by atoms with van der Waals surface area (Å²) in [5, 5.41) is 9.13. The zero-order valence-electron chi connectivity index (χ0n) is 10.9. The molecule has 3 rings (SSSR count). The minimum Gasteiger partial charge on any atom is -0.397 e. The van der Waals surface area contributed by atoms with Gasteiger partial charge in [-0.05, 0) is 32.0 Å². The van der Waals surface area contributed by atoms with E-state index < -0.39 is 0 Å². The number of aryl methyl sites for hydroxylation is 2. The Hall–Kier alpha value is -1.85. The van der Waals surface area contributed by atoms with Gasteiger partial charge in [-0.15, -0.1) is 10.2 Å². The van der Waals surface area contributed by atoms with Crippen LogP contribution in [0.5, 0.6) is 0 Å². The van der Waals surface area contributed by atoms with Crippen molar-refractivity contribution in [2.75, 3.05) is 5.73 Å². The van der Waals surface area contributed by atoms with Crippen molar-refractivity contribution in [3.8, 4) is 11.4 Å². The molecule has 0 atom stereocenters. The van der Waals surface area contributed by atoms with Crippen LogP contribution in [0, 0.1) is 13.8 Å². The maximum atomic E-state index is 6.24. The van der Waals surface area contributed by atoms with Gasteiger partial charge in [0.05, 0.1) is 21.3 Å². The number of halogens is 2. The first-order chi connectivity index (χ1) is 9.49. The van der Waals surface area contributed by atoms with Crippen LogP contribution in [-0.2, 0) is 0 Å². The van der Waals surface area contributed by atoms with Gasteiger partial charge in [0.1, 0.15) is 0 Å². The summed E-state index contributed by atoms with van der Waals surface area (Å²) in [6, 6.07) is 5.28. The fourth-order valence-corrected chi connectivity index (χ4v) is 2.59. The van der Waals surface area contributed by atoms with E-state index in [-0.39, 0.29) is 0 Å². The number of hydrogen-bond acceptors (Lipinski definition) is 4. The fourth-order valence-electron chi connectivity index (χ4n) is 2.19. The number of fused-ring (bicyclic) bond motifs is 1. The topological polar surface area (TPSA) is 69.1 Å².